The zero-order valence-corrected chi connectivity index (χ0v) is 11.6. The van der Waals surface area contributed by atoms with Gasteiger partial charge in [0.15, 0.2) is 0 Å². The molecule has 0 amide bonds. The highest BCUT2D eigenvalue weighted by molar-refractivity contribution is 9.10. The summed E-state index contributed by atoms with van der Waals surface area (Å²) in [5.41, 5.74) is 2.76. The van der Waals surface area contributed by atoms with E-state index in [1.807, 2.05) is 31.2 Å². The van der Waals surface area contributed by atoms with Crippen molar-refractivity contribution in [2.45, 2.75) is 19.4 Å². The number of aryl methyl sites for hydroxylation is 1. The molecule has 18 heavy (non-hydrogen) atoms. The molecule has 2 aromatic rings. The summed E-state index contributed by atoms with van der Waals surface area (Å²) in [5.74, 6) is -0.288. The van der Waals surface area contributed by atoms with Crippen molar-refractivity contribution >= 4 is 15.9 Å². The molecule has 1 unspecified atom stereocenters. The van der Waals surface area contributed by atoms with Crippen molar-refractivity contribution in [2.75, 3.05) is 0 Å². The molecule has 0 aliphatic carbocycles. The van der Waals surface area contributed by atoms with Gasteiger partial charge in [-0.15, -0.1) is 0 Å². The second-order valence-corrected chi connectivity index (χ2v) is 5.22. The van der Waals surface area contributed by atoms with Gasteiger partial charge in [0, 0.05) is 10.9 Å². The summed E-state index contributed by atoms with van der Waals surface area (Å²) in [7, 11) is 0. The van der Waals surface area contributed by atoms with Crippen molar-refractivity contribution in [3.8, 4) is 0 Å². The number of aliphatic hydroxyl groups excluding tert-OH is 1. The van der Waals surface area contributed by atoms with Gasteiger partial charge in [0.25, 0.3) is 0 Å². The molecule has 0 spiro atoms. The van der Waals surface area contributed by atoms with Gasteiger partial charge in [-0.25, -0.2) is 4.39 Å². The lowest BCUT2D eigenvalue weighted by Crippen LogP contribution is -2.02. The van der Waals surface area contributed by atoms with Crippen LogP contribution in [-0.4, -0.2) is 5.11 Å². The van der Waals surface area contributed by atoms with Gasteiger partial charge in [-0.2, -0.15) is 0 Å². The molecule has 0 heterocycles. The molecule has 1 N–H and O–H groups in total. The van der Waals surface area contributed by atoms with E-state index >= 15 is 0 Å². The van der Waals surface area contributed by atoms with E-state index in [2.05, 4.69) is 15.9 Å². The van der Waals surface area contributed by atoms with Gasteiger partial charge in [-0.05, 0) is 36.2 Å². The molecule has 0 aromatic heterocycles. The number of rotatable bonds is 3. The van der Waals surface area contributed by atoms with Crippen LogP contribution in [0.1, 0.15) is 22.8 Å². The molecule has 2 aromatic carbocycles. The smallest absolute Gasteiger partial charge is 0.123 e. The Kier molecular flexibility index (Phi) is 4.15. The fraction of sp³-hybridized carbons (Fsp3) is 0.200. The van der Waals surface area contributed by atoms with Crippen LogP contribution in [-0.2, 0) is 6.42 Å². The van der Waals surface area contributed by atoms with Crippen molar-refractivity contribution in [3.63, 3.8) is 0 Å². The third-order valence-electron chi connectivity index (χ3n) is 2.88. The van der Waals surface area contributed by atoms with Crippen LogP contribution in [0.4, 0.5) is 4.39 Å². The molecular formula is C15H14BrFO. The van der Waals surface area contributed by atoms with Crippen molar-refractivity contribution in [3.05, 3.63) is 69.4 Å². The van der Waals surface area contributed by atoms with Crippen LogP contribution in [0.3, 0.4) is 0 Å². The predicted molar refractivity (Wildman–Crippen MR) is 73.9 cm³/mol. The topological polar surface area (TPSA) is 20.2 Å². The van der Waals surface area contributed by atoms with Gasteiger partial charge in [0.05, 0.1) is 6.10 Å². The van der Waals surface area contributed by atoms with E-state index in [0.717, 1.165) is 21.2 Å². The largest absolute Gasteiger partial charge is 0.388 e. The van der Waals surface area contributed by atoms with Crippen LogP contribution in [0.25, 0.3) is 0 Å². The van der Waals surface area contributed by atoms with Crippen molar-refractivity contribution < 1.29 is 9.50 Å². The number of benzene rings is 2. The van der Waals surface area contributed by atoms with Crippen LogP contribution in [0.5, 0.6) is 0 Å². The Morgan fingerprint density at radius 3 is 2.50 bits per heavy atom. The standard InChI is InChI=1S/C15H14BrFO/c1-10-2-4-11(5-3-10)15(18)9-12-8-13(17)6-7-14(12)16/h2-8,15,18H,9H2,1H3. The molecule has 1 atom stereocenters. The summed E-state index contributed by atoms with van der Waals surface area (Å²) < 4.78 is 14.0. The number of hydrogen-bond acceptors (Lipinski definition) is 1. The minimum Gasteiger partial charge on any atom is -0.388 e. The van der Waals surface area contributed by atoms with Crippen LogP contribution in [0.2, 0.25) is 0 Å². The molecule has 0 saturated heterocycles. The molecule has 0 aliphatic rings. The molecule has 0 bridgehead atoms. The summed E-state index contributed by atoms with van der Waals surface area (Å²) in [6, 6.07) is 12.2. The van der Waals surface area contributed by atoms with Gasteiger partial charge in [-0.1, -0.05) is 45.8 Å². The molecule has 0 radical (unpaired) electrons. The summed E-state index contributed by atoms with van der Waals surface area (Å²) in [4.78, 5) is 0. The third kappa shape index (κ3) is 3.18. The maximum atomic E-state index is 13.2. The highest BCUT2D eigenvalue weighted by Gasteiger charge is 2.11. The molecule has 94 valence electrons. The first-order chi connectivity index (χ1) is 8.56. The SMILES string of the molecule is Cc1ccc(C(O)Cc2cc(F)ccc2Br)cc1. The lowest BCUT2D eigenvalue weighted by molar-refractivity contribution is 0.178. The molecule has 0 aliphatic heterocycles. The van der Waals surface area contributed by atoms with Gasteiger partial charge in [0.2, 0.25) is 0 Å². The van der Waals surface area contributed by atoms with E-state index < -0.39 is 6.10 Å². The lowest BCUT2D eigenvalue weighted by atomic mass is 10.0. The average Bonchev–Trinajstić information content (AvgIpc) is 2.34. The fourth-order valence-electron chi connectivity index (χ4n) is 1.81. The quantitative estimate of drug-likeness (QED) is 0.902. The van der Waals surface area contributed by atoms with E-state index in [1.165, 1.54) is 12.1 Å². The molecule has 0 fully saturated rings. The van der Waals surface area contributed by atoms with Gasteiger partial charge < -0.3 is 5.11 Å². The zero-order valence-electron chi connectivity index (χ0n) is 10.0. The first-order valence-corrected chi connectivity index (χ1v) is 6.54. The van der Waals surface area contributed by atoms with Crippen LogP contribution >= 0.6 is 15.9 Å². The van der Waals surface area contributed by atoms with E-state index in [1.54, 1.807) is 6.07 Å². The van der Waals surface area contributed by atoms with E-state index in [-0.39, 0.29) is 5.82 Å². The first kappa shape index (κ1) is 13.2. The Balaban J connectivity index is 2.18. The first-order valence-electron chi connectivity index (χ1n) is 5.75. The second-order valence-electron chi connectivity index (χ2n) is 4.37. The third-order valence-corrected chi connectivity index (χ3v) is 3.66. The highest BCUT2D eigenvalue weighted by atomic mass is 79.9. The Bertz CT molecular complexity index is 537. The number of halogens is 2. The molecular weight excluding hydrogens is 295 g/mol. The molecule has 1 nitrogen and oxygen atoms in total. The van der Waals surface area contributed by atoms with Crippen molar-refractivity contribution in [1.29, 1.82) is 0 Å². The maximum Gasteiger partial charge on any atom is 0.123 e. The van der Waals surface area contributed by atoms with Gasteiger partial charge >= 0.3 is 0 Å². The lowest BCUT2D eigenvalue weighted by Gasteiger charge is -2.12. The summed E-state index contributed by atoms with van der Waals surface area (Å²) in [6.45, 7) is 2.00. The second kappa shape index (κ2) is 5.63. The van der Waals surface area contributed by atoms with Crippen molar-refractivity contribution in [2.24, 2.45) is 0 Å². The average molecular weight is 309 g/mol. The van der Waals surface area contributed by atoms with Crippen LogP contribution < -0.4 is 0 Å². The maximum absolute atomic E-state index is 13.2. The van der Waals surface area contributed by atoms with Gasteiger partial charge in [0.1, 0.15) is 5.82 Å². The minimum absolute atomic E-state index is 0.288. The normalized spacial score (nSPS) is 12.4. The summed E-state index contributed by atoms with van der Waals surface area (Å²) in [5, 5.41) is 10.1. The predicted octanol–water partition coefficient (Wildman–Crippen LogP) is 4.17. The highest BCUT2D eigenvalue weighted by Crippen LogP contribution is 2.24. The Morgan fingerprint density at radius 2 is 1.83 bits per heavy atom. The monoisotopic (exact) mass is 308 g/mol. The minimum atomic E-state index is -0.622. The summed E-state index contributed by atoms with van der Waals surface area (Å²) >= 11 is 3.37. The van der Waals surface area contributed by atoms with Crippen LogP contribution in [0, 0.1) is 12.7 Å². The fourth-order valence-corrected chi connectivity index (χ4v) is 2.22. The molecule has 0 saturated carbocycles. The Morgan fingerprint density at radius 1 is 1.17 bits per heavy atom. The molecule has 2 rings (SSSR count). The van der Waals surface area contributed by atoms with E-state index in [0.29, 0.717) is 6.42 Å². The number of hydrogen-bond donors (Lipinski definition) is 1. The van der Waals surface area contributed by atoms with Gasteiger partial charge in [-0.3, -0.25) is 0 Å². The van der Waals surface area contributed by atoms with Crippen LogP contribution in [0.15, 0.2) is 46.9 Å². The summed E-state index contributed by atoms with van der Waals surface area (Å²) in [6.07, 6.45) is -0.231. The molecule has 3 heteroatoms. The van der Waals surface area contributed by atoms with E-state index in [9.17, 15) is 9.50 Å². The zero-order chi connectivity index (χ0) is 13.1. The Labute approximate surface area is 114 Å². The number of aliphatic hydroxyl groups is 1. The van der Waals surface area contributed by atoms with Crippen molar-refractivity contribution in [1.82, 2.24) is 0 Å². The Hall–Kier alpha value is -1.19. The van der Waals surface area contributed by atoms with E-state index in [4.69, 9.17) is 0 Å².